The Morgan fingerprint density at radius 1 is 1.17 bits per heavy atom. The van der Waals surface area contributed by atoms with Gasteiger partial charge in [-0.05, 0) is 62.2 Å². The van der Waals surface area contributed by atoms with E-state index in [0.717, 1.165) is 32.1 Å². The summed E-state index contributed by atoms with van der Waals surface area (Å²) in [5.74, 6) is -0.631. The molecule has 1 saturated heterocycles. The molecule has 0 N–H and O–H groups in total. The number of carbonyl (C=O) groups is 3. The van der Waals surface area contributed by atoms with Gasteiger partial charge in [0, 0.05) is 12.8 Å². The molecule has 8 heteroatoms. The smallest absolute Gasteiger partial charge is 0.347 e. The van der Waals surface area contributed by atoms with Crippen LogP contribution in [0.25, 0.3) is 0 Å². The van der Waals surface area contributed by atoms with Crippen molar-refractivity contribution in [2.24, 2.45) is 35.0 Å². The van der Waals surface area contributed by atoms with Gasteiger partial charge >= 0.3 is 17.9 Å². The highest BCUT2D eigenvalue weighted by Crippen LogP contribution is 2.53. The van der Waals surface area contributed by atoms with Crippen LogP contribution in [-0.4, -0.2) is 41.8 Å². The molecule has 8 atom stereocenters. The Labute approximate surface area is 230 Å². The Kier molecular flexibility index (Phi) is 9.44. The van der Waals surface area contributed by atoms with Gasteiger partial charge in [-0.25, -0.2) is 4.79 Å². The second-order valence-electron chi connectivity index (χ2n) is 12.8. The molecule has 0 radical (unpaired) electrons. The molecule has 3 fully saturated rings. The van der Waals surface area contributed by atoms with Crippen molar-refractivity contribution in [2.75, 3.05) is 6.61 Å². The van der Waals surface area contributed by atoms with Crippen LogP contribution in [0, 0.1) is 35.0 Å². The van der Waals surface area contributed by atoms with Crippen molar-refractivity contribution < 1.29 is 31.7 Å². The maximum atomic E-state index is 13.6. The predicted molar refractivity (Wildman–Crippen MR) is 144 cm³/mol. The standard InChI is InChI=1S/C28H45IO7/c1-8-20-12-21-13-27(7,36-29)16-28(14-20,15-21)35-24(31)19(4)26(5,6)18(3)11-17(2)23(30)34-22-9-10-33-25(22)32/h17-22H,8-16H2,1-7H3. The molecule has 1 heterocycles. The van der Waals surface area contributed by atoms with Gasteiger partial charge in [-0.3, -0.25) is 9.59 Å². The van der Waals surface area contributed by atoms with E-state index in [0.29, 0.717) is 31.3 Å². The van der Waals surface area contributed by atoms with E-state index in [1.807, 2.05) is 36.9 Å². The molecule has 0 amide bonds. The number of esters is 3. The van der Waals surface area contributed by atoms with Gasteiger partial charge in [-0.2, -0.15) is 0 Å². The van der Waals surface area contributed by atoms with Gasteiger partial charge in [-0.15, -0.1) is 0 Å². The van der Waals surface area contributed by atoms with E-state index in [-0.39, 0.29) is 23.4 Å². The molecule has 0 aromatic carbocycles. The number of ether oxygens (including phenoxy) is 3. The third kappa shape index (κ3) is 6.56. The van der Waals surface area contributed by atoms with Crippen LogP contribution in [0.1, 0.15) is 99.8 Å². The summed E-state index contributed by atoms with van der Waals surface area (Å²) in [6.07, 6.45) is 6.00. The van der Waals surface area contributed by atoms with Crippen LogP contribution in [0.5, 0.6) is 0 Å². The van der Waals surface area contributed by atoms with Gasteiger partial charge in [-0.1, -0.05) is 48.0 Å². The normalized spacial score (nSPS) is 34.9. The molecule has 2 saturated carbocycles. The zero-order valence-corrected chi connectivity index (χ0v) is 25.2. The van der Waals surface area contributed by atoms with E-state index in [1.54, 1.807) is 0 Å². The van der Waals surface area contributed by atoms with Crippen molar-refractivity contribution in [3.05, 3.63) is 0 Å². The fourth-order valence-corrected chi connectivity index (χ4v) is 7.07. The van der Waals surface area contributed by atoms with Gasteiger partial charge in [0.05, 0.1) is 24.0 Å². The van der Waals surface area contributed by atoms with Gasteiger partial charge in [0.15, 0.2) is 0 Å². The average molecular weight is 621 g/mol. The Hall–Kier alpha value is -0.900. The molecular weight excluding hydrogens is 575 g/mol. The fourth-order valence-electron chi connectivity index (χ4n) is 6.73. The summed E-state index contributed by atoms with van der Waals surface area (Å²) in [7, 11) is 0. The minimum Gasteiger partial charge on any atom is -0.463 e. The largest absolute Gasteiger partial charge is 0.463 e. The molecule has 2 bridgehead atoms. The third-order valence-electron chi connectivity index (χ3n) is 9.48. The number of hydrogen-bond donors (Lipinski definition) is 0. The van der Waals surface area contributed by atoms with Crippen molar-refractivity contribution in [3.63, 3.8) is 0 Å². The quantitative estimate of drug-likeness (QED) is 0.163. The molecule has 7 nitrogen and oxygen atoms in total. The van der Waals surface area contributed by atoms with Crippen LogP contribution < -0.4 is 0 Å². The SMILES string of the molecule is CCC1CC2CC(C)(OI)CC(OC(=O)C(C)C(C)(C)C(C)CC(C)C(=O)OC3CCOC3=O)(C1)C2. The number of halogens is 1. The van der Waals surface area contributed by atoms with Crippen LogP contribution in [0.4, 0.5) is 0 Å². The zero-order chi connectivity index (χ0) is 26.9. The minimum absolute atomic E-state index is 0.0485. The lowest BCUT2D eigenvalue weighted by molar-refractivity contribution is -0.193. The second kappa shape index (κ2) is 11.5. The first-order valence-corrected chi connectivity index (χ1v) is 14.5. The van der Waals surface area contributed by atoms with E-state index in [2.05, 4.69) is 34.6 Å². The van der Waals surface area contributed by atoms with Crippen molar-refractivity contribution >= 4 is 40.9 Å². The van der Waals surface area contributed by atoms with Crippen LogP contribution >= 0.6 is 23.0 Å². The first-order chi connectivity index (χ1) is 16.7. The summed E-state index contributed by atoms with van der Waals surface area (Å²) in [6.45, 7) is 14.6. The Morgan fingerprint density at radius 2 is 1.86 bits per heavy atom. The predicted octanol–water partition coefficient (Wildman–Crippen LogP) is 6.20. The van der Waals surface area contributed by atoms with Crippen LogP contribution in [-0.2, 0) is 31.7 Å². The lowest BCUT2D eigenvalue weighted by atomic mass is 9.60. The minimum atomic E-state index is -0.796. The molecule has 0 aromatic heterocycles. The number of carbonyl (C=O) groups excluding carboxylic acids is 3. The summed E-state index contributed by atoms with van der Waals surface area (Å²) < 4.78 is 22.6. The number of cyclic esters (lactones) is 1. The number of fused-ring (bicyclic) bond motifs is 2. The highest BCUT2D eigenvalue weighted by molar-refractivity contribution is 14.1. The van der Waals surface area contributed by atoms with Crippen LogP contribution in [0.2, 0.25) is 0 Å². The fraction of sp³-hybridized carbons (Fsp3) is 0.893. The molecule has 36 heavy (non-hydrogen) atoms. The summed E-state index contributed by atoms with van der Waals surface area (Å²) in [4.78, 5) is 37.9. The van der Waals surface area contributed by atoms with E-state index in [9.17, 15) is 14.4 Å². The van der Waals surface area contributed by atoms with Crippen LogP contribution in [0.3, 0.4) is 0 Å². The molecule has 206 valence electrons. The van der Waals surface area contributed by atoms with Crippen molar-refractivity contribution in [1.82, 2.24) is 0 Å². The summed E-state index contributed by atoms with van der Waals surface area (Å²) >= 11 is 2.00. The van der Waals surface area contributed by atoms with Gasteiger partial charge in [0.1, 0.15) is 28.6 Å². The first kappa shape index (κ1) is 29.7. The molecule has 1 aliphatic heterocycles. The molecule has 3 rings (SSSR count). The monoisotopic (exact) mass is 620 g/mol. The molecule has 0 spiro atoms. The van der Waals surface area contributed by atoms with Crippen molar-refractivity contribution in [2.45, 2.75) is 117 Å². The topological polar surface area (TPSA) is 88.1 Å². The lowest BCUT2D eigenvalue weighted by Crippen LogP contribution is -2.55. The highest BCUT2D eigenvalue weighted by Gasteiger charge is 2.54. The molecule has 2 aliphatic carbocycles. The maximum Gasteiger partial charge on any atom is 0.347 e. The second-order valence-corrected chi connectivity index (χ2v) is 13.2. The molecule has 3 aliphatic rings. The molecular formula is C28H45IO7. The Morgan fingerprint density at radius 3 is 2.44 bits per heavy atom. The van der Waals surface area contributed by atoms with Gasteiger partial charge < -0.3 is 17.3 Å². The Bertz CT molecular complexity index is 829. The van der Waals surface area contributed by atoms with Crippen molar-refractivity contribution in [1.29, 1.82) is 0 Å². The zero-order valence-electron chi connectivity index (χ0n) is 23.1. The maximum absolute atomic E-state index is 13.6. The van der Waals surface area contributed by atoms with Gasteiger partial charge in [0.25, 0.3) is 0 Å². The van der Waals surface area contributed by atoms with Gasteiger partial charge in [0.2, 0.25) is 6.10 Å². The van der Waals surface area contributed by atoms with Crippen molar-refractivity contribution in [3.8, 4) is 0 Å². The van der Waals surface area contributed by atoms with E-state index >= 15 is 0 Å². The highest BCUT2D eigenvalue weighted by atomic mass is 127. The Balaban J connectivity index is 1.64. The van der Waals surface area contributed by atoms with Crippen LogP contribution in [0.15, 0.2) is 0 Å². The lowest BCUT2D eigenvalue weighted by Gasteiger charge is -2.53. The first-order valence-electron chi connectivity index (χ1n) is 13.6. The third-order valence-corrected chi connectivity index (χ3v) is 10.5. The molecule has 0 aromatic rings. The van der Waals surface area contributed by atoms with E-state index < -0.39 is 35.0 Å². The summed E-state index contributed by atoms with van der Waals surface area (Å²) in [5.41, 5.74) is -1.15. The van der Waals surface area contributed by atoms with E-state index in [1.165, 1.54) is 6.42 Å². The summed E-state index contributed by atoms with van der Waals surface area (Å²) in [6, 6.07) is 0. The number of rotatable bonds is 10. The average Bonchev–Trinajstić information content (AvgIpc) is 3.21. The summed E-state index contributed by atoms with van der Waals surface area (Å²) in [5, 5.41) is 0. The molecule has 8 unspecified atom stereocenters. The van der Waals surface area contributed by atoms with E-state index in [4.69, 9.17) is 17.3 Å². The number of hydrogen-bond acceptors (Lipinski definition) is 7.